The van der Waals surface area contributed by atoms with Crippen molar-refractivity contribution in [3.63, 3.8) is 0 Å². The first-order valence-electron chi connectivity index (χ1n) is 10.8. The molecule has 3 rings (SSSR count). The van der Waals surface area contributed by atoms with Gasteiger partial charge in [0.1, 0.15) is 18.5 Å². The lowest BCUT2D eigenvalue weighted by molar-refractivity contribution is -0.122. The van der Waals surface area contributed by atoms with Crippen LogP contribution in [0.25, 0.3) is 0 Å². The molecule has 8 heteroatoms. The zero-order valence-corrected chi connectivity index (χ0v) is 18.0. The third-order valence-corrected chi connectivity index (χ3v) is 5.37. The summed E-state index contributed by atoms with van der Waals surface area (Å²) < 4.78 is 33.1. The highest BCUT2D eigenvalue weighted by Crippen LogP contribution is 2.29. The van der Waals surface area contributed by atoms with Gasteiger partial charge in [0.05, 0.1) is 18.2 Å². The van der Waals surface area contributed by atoms with Gasteiger partial charge in [-0.3, -0.25) is 4.79 Å². The number of nitrogens with zero attached hydrogens (tertiary/aromatic N) is 2. The molecule has 2 heterocycles. The van der Waals surface area contributed by atoms with E-state index in [9.17, 15) is 13.6 Å². The average molecular weight is 433 g/mol. The molecule has 168 valence electrons. The van der Waals surface area contributed by atoms with Crippen LogP contribution in [0, 0.1) is 5.82 Å². The average Bonchev–Trinajstić information content (AvgIpc) is 3.25. The van der Waals surface area contributed by atoms with Gasteiger partial charge in [0, 0.05) is 32.3 Å². The number of halogens is 2. The van der Waals surface area contributed by atoms with Crippen LogP contribution in [0.2, 0.25) is 0 Å². The van der Waals surface area contributed by atoms with Crippen molar-refractivity contribution in [2.45, 2.75) is 38.7 Å². The predicted molar refractivity (Wildman–Crippen MR) is 118 cm³/mol. The number of hydrogen-bond donors (Lipinski definition) is 2. The molecule has 1 unspecified atom stereocenters. The fourth-order valence-corrected chi connectivity index (χ4v) is 3.59. The molecule has 1 aliphatic rings. The van der Waals surface area contributed by atoms with Gasteiger partial charge in [-0.1, -0.05) is 19.1 Å². The first-order chi connectivity index (χ1) is 15.0. The number of anilines is 2. The SMILES string of the molecule is CCCNc1nccc(N2CC[C@@H](Oc3ccc(C(C)C(=O)NCCF)cc3)C2)c1F. The lowest BCUT2D eigenvalue weighted by atomic mass is 10.0. The number of pyridine rings is 1. The van der Waals surface area contributed by atoms with Crippen LogP contribution < -0.4 is 20.3 Å². The molecule has 0 bridgehead atoms. The van der Waals surface area contributed by atoms with Gasteiger partial charge >= 0.3 is 0 Å². The van der Waals surface area contributed by atoms with E-state index >= 15 is 0 Å². The van der Waals surface area contributed by atoms with Crippen LogP contribution >= 0.6 is 0 Å². The van der Waals surface area contributed by atoms with Crippen molar-refractivity contribution in [2.75, 3.05) is 43.1 Å². The van der Waals surface area contributed by atoms with Gasteiger partial charge in [0.2, 0.25) is 5.91 Å². The van der Waals surface area contributed by atoms with Crippen LogP contribution in [0.3, 0.4) is 0 Å². The Hall–Kier alpha value is -2.90. The number of carbonyl (C=O) groups is 1. The Bertz CT molecular complexity index is 863. The van der Waals surface area contributed by atoms with Gasteiger partial charge in [-0.15, -0.1) is 0 Å². The van der Waals surface area contributed by atoms with Gasteiger partial charge in [-0.25, -0.2) is 13.8 Å². The highest BCUT2D eigenvalue weighted by Gasteiger charge is 2.27. The molecule has 31 heavy (non-hydrogen) atoms. The quantitative estimate of drug-likeness (QED) is 0.596. The maximum atomic E-state index is 14.8. The molecular weight excluding hydrogens is 402 g/mol. The summed E-state index contributed by atoms with van der Waals surface area (Å²) in [4.78, 5) is 18.1. The number of rotatable bonds is 10. The molecular formula is C23H30F2N4O2. The Morgan fingerprint density at radius 1 is 1.29 bits per heavy atom. The van der Waals surface area contributed by atoms with Crippen LogP contribution in [-0.4, -0.2) is 49.8 Å². The van der Waals surface area contributed by atoms with E-state index in [0.717, 1.165) is 18.4 Å². The van der Waals surface area contributed by atoms with E-state index in [1.165, 1.54) is 0 Å². The number of carbonyl (C=O) groups excluding carboxylic acids is 1. The Morgan fingerprint density at radius 3 is 2.77 bits per heavy atom. The molecule has 1 aliphatic heterocycles. The number of hydrogen-bond acceptors (Lipinski definition) is 5. The molecule has 0 saturated carbocycles. The van der Waals surface area contributed by atoms with Crippen LogP contribution in [0.15, 0.2) is 36.5 Å². The molecule has 0 spiro atoms. The summed E-state index contributed by atoms with van der Waals surface area (Å²) in [5.41, 5.74) is 1.37. The minimum atomic E-state index is -0.580. The summed E-state index contributed by atoms with van der Waals surface area (Å²) in [5.74, 6) is 0.0788. The molecule has 1 aromatic heterocycles. The number of aromatic nitrogens is 1. The van der Waals surface area contributed by atoms with Crippen molar-refractivity contribution in [3.8, 4) is 5.75 Å². The molecule has 2 atom stereocenters. The minimum Gasteiger partial charge on any atom is -0.489 e. The van der Waals surface area contributed by atoms with Gasteiger partial charge < -0.3 is 20.3 Å². The van der Waals surface area contributed by atoms with Crippen molar-refractivity contribution in [3.05, 3.63) is 47.9 Å². The zero-order chi connectivity index (χ0) is 22.2. The van der Waals surface area contributed by atoms with E-state index in [4.69, 9.17) is 4.74 Å². The number of alkyl halides is 1. The smallest absolute Gasteiger partial charge is 0.227 e. The van der Waals surface area contributed by atoms with Gasteiger partial charge in [0.15, 0.2) is 11.6 Å². The van der Waals surface area contributed by atoms with Crippen LogP contribution in [0.1, 0.15) is 38.2 Å². The molecule has 0 radical (unpaired) electrons. The van der Waals surface area contributed by atoms with Crippen LogP contribution in [0.4, 0.5) is 20.3 Å². The monoisotopic (exact) mass is 432 g/mol. The highest BCUT2D eigenvalue weighted by molar-refractivity contribution is 5.83. The highest BCUT2D eigenvalue weighted by atomic mass is 19.1. The lowest BCUT2D eigenvalue weighted by Crippen LogP contribution is -2.29. The van der Waals surface area contributed by atoms with E-state index in [2.05, 4.69) is 15.6 Å². The summed E-state index contributed by atoms with van der Waals surface area (Å²) >= 11 is 0. The van der Waals surface area contributed by atoms with Crippen molar-refractivity contribution in [2.24, 2.45) is 0 Å². The molecule has 1 aromatic carbocycles. The predicted octanol–water partition coefficient (Wildman–Crippen LogP) is 3.89. The maximum Gasteiger partial charge on any atom is 0.227 e. The summed E-state index contributed by atoms with van der Waals surface area (Å²) in [7, 11) is 0. The maximum absolute atomic E-state index is 14.8. The second-order valence-electron chi connectivity index (χ2n) is 7.66. The summed E-state index contributed by atoms with van der Waals surface area (Å²) in [5, 5.41) is 5.57. The first kappa shape index (κ1) is 22.8. The van der Waals surface area contributed by atoms with E-state index in [1.807, 2.05) is 36.1 Å². The summed E-state index contributed by atoms with van der Waals surface area (Å²) in [6.07, 6.45) is 3.23. The van der Waals surface area contributed by atoms with E-state index in [1.54, 1.807) is 19.2 Å². The molecule has 2 N–H and O–H groups in total. The fourth-order valence-electron chi connectivity index (χ4n) is 3.59. The minimum absolute atomic E-state index is 0.0246. The van der Waals surface area contributed by atoms with Gasteiger partial charge in [0.25, 0.3) is 0 Å². The number of ether oxygens (including phenoxy) is 1. The van der Waals surface area contributed by atoms with Crippen LogP contribution in [0.5, 0.6) is 5.75 Å². The molecule has 1 fully saturated rings. The number of nitrogens with one attached hydrogen (secondary N) is 2. The molecule has 1 amide bonds. The second-order valence-corrected chi connectivity index (χ2v) is 7.66. The van der Waals surface area contributed by atoms with E-state index < -0.39 is 6.67 Å². The largest absolute Gasteiger partial charge is 0.489 e. The molecule has 6 nitrogen and oxygen atoms in total. The first-order valence-corrected chi connectivity index (χ1v) is 10.8. The Balaban J connectivity index is 1.57. The second kappa shape index (κ2) is 10.9. The normalized spacial score (nSPS) is 16.8. The van der Waals surface area contributed by atoms with Crippen molar-refractivity contribution in [1.29, 1.82) is 0 Å². The third kappa shape index (κ3) is 5.83. The fraction of sp³-hybridized carbons (Fsp3) is 0.478. The number of benzene rings is 1. The van der Waals surface area contributed by atoms with Gasteiger partial charge in [-0.2, -0.15) is 0 Å². The summed E-state index contributed by atoms with van der Waals surface area (Å²) in [6.45, 7) is 5.20. The molecule has 2 aromatic rings. The molecule has 1 saturated heterocycles. The number of amides is 1. The van der Waals surface area contributed by atoms with E-state index in [-0.39, 0.29) is 36.1 Å². The van der Waals surface area contributed by atoms with E-state index in [0.29, 0.717) is 31.1 Å². The topological polar surface area (TPSA) is 66.5 Å². The third-order valence-electron chi connectivity index (χ3n) is 5.37. The van der Waals surface area contributed by atoms with Gasteiger partial charge in [-0.05, 0) is 37.1 Å². The van der Waals surface area contributed by atoms with Crippen molar-refractivity contribution < 1.29 is 18.3 Å². The van der Waals surface area contributed by atoms with Crippen molar-refractivity contribution in [1.82, 2.24) is 10.3 Å². The Labute approximate surface area is 182 Å². The summed E-state index contributed by atoms with van der Waals surface area (Å²) in [6, 6.07) is 9.04. The van der Waals surface area contributed by atoms with Crippen LogP contribution in [-0.2, 0) is 4.79 Å². The zero-order valence-electron chi connectivity index (χ0n) is 18.0. The lowest BCUT2D eigenvalue weighted by Gasteiger charge is -2.21. The Kier molecular flexibility index (Phi) is 8.03. The Morgan fingerprint density at radius 2 is 2.06 bits per heavy atom. The standard InChI is InChI=1S/C23H30F2N4O2/c1-3-11-26-22-21(25)20(8-12-27-22)29-14-9-19(15-29)31-18-6-4-17(5-7-18)16(2)23(30)28-13-10-24/h4-8,12,16,19H,3,9-11,13-15H2,1-2H3,(H,26,27)(H,28,30)/t16?,19-/m1/s1. The molecule has 0 aliphatic carbocycles. The van der Waals surface area contributed by atoms with Crippen molar-refractivity contribution >= 4 is 17.4 Å².